The highest BCUT2D eigenvalue weighted by Crippen LogP contribution is 2.37. The van der Waals surface area contributed by atoms with Gasteiger partial charge in [0.2, 0.25) is 11.7 Å². The Balaban J connectivity index is 0.000000994. The molecule has 0 fully saturated rings. The molecule has 0 spiro atoms. The van der Waals surface area contributed by atoms with Gasteiger partial charge < -0.3 is 9.64 Å². The number of Topliss-reactive ketones (excluding diaryl/α,β-unsaturated/α-hetero) is 1. The summed E-state index contributed by atoms with van der Waals surface area (Å²) < 4.78 is 5.84. The first-order valence-corrected chi connectivity index (χ1v) is 9.48. The molecule has 0 bridgehead atoms. The van der Waals surface area contributed by atoms with Gasteiger partial charge in [0.15, 0.2) is 5.75 Å². The number of ether oxygens (including phenoxy) is 1. The minimum atomic E-state index is -0.173. The largest absolute Gasteiger partial charge is 0.437 e. The molecule has 6 heteroatoms. The Bertz CT molecular complexity index is 1150. The van der Waals surface area contributed by atoms with Crippen LogP contribution in [0.25, 0.3) is 11.4 Å². The number of nitrogens with zero attached hydrogens (tertiary/aromatic N) is 4. The second kappa shape index (κ2) is 7.67. The van der Waals surface area contributed by atoms with Crippen molar-refractivity contribution in [2.45, 2.75) is 13.8 Å². The molecular weight excluding hydrogens is 364 g/mol. The molecular formula is C23H20N4O2. The maximum absolute atomic E-state index is 13.0. The van der Waals surface area contributed by atoms with Crippen molar-refractivity contribution >= 4 is 17.2 Å². The van der Waals surface area contributed by atoms with E-state index in [1.54, 1.807) is 36.8 Å². The number of rotatable bonds is 1. The Labute approximate surface area is 169 Å². The average molecular weight is 384 g/mol. The molecule has 0 radical (unpaired) electrons. The van der Waals surface area contributed by atoms with Crippen LogP contribution in [0.4, 0.5) is 5.69 Å². The van der Waals surface area contributed by atoms with E-state index in [1.807, 2.05) is 56.1 Å². The molecule has 0 saturated carbocycles. The second-order valence-electron chi connectivity index (χ2n) is 6.20. The summed E-state index contributed by atoms with van der Waals surface area (Å²) in [5.41, 5.74) is 3.71. The predicted molar refractivity (Wildman–Crippen MR) is 113 cm³/mol. The van der Waals surface area contributed by atoms with Gasteiger partial charge in [-0.25, -0.2) is 4.99 Å². The Hall–Kier alpha value is -3.80. The highest BCUT2D eigenvalue weighted by molar-refractivity contribution is 6.54. The van der Waals surface area contributed by atoms with Gasteiger partial charge >= 0.3 is 0 Å². The van der Waals surface area contributed by atoms with E-state index in [4.69, 9.17) is 4.74 Å². The van der Waals surface area contributed by atoms with E-state index in [0.717, 1.165) is 11.4 Å². The highest BCUT2D eigenvalue weighted by atomic mass is 16.5. The maximum Gasteiger partial charge on any atom is 0.218 e. The summed E-state index contributed by atoms with van der Waals surface area (Å²) in [6.45, 7) is 4.00. The number of anilines is 1. The van der Waals surface area contributed by atoms with Crippen molar-refractivity contribution in [2.75, 3.05) is 11.9 Å². The molecule has 2 aromatic heterocycles. The van der Waals surface area contributed by atoms with Crippen molar-refractivity contribution in [3.8, 4) is 17.1 Å². The van der Waals surface area contributed by atoms with E-state index >= 15 is 0 Å². The molecule has 1 aliphatic heterocycles. The van der Waals surface area contributed by atoms with E-state index in [9.17, 15) is 4.79 Å². The zero-order valence-electron chi connectivity index (χ0n) is 16.5. The van der Waals surface area contributed by atoms with Crippen LogP contribution in [0.3, 0.4) is 0 Å². The molecule has 6 nitrogen and oxygen atoms in total. The molecule has 29 heavy (non-hydrogen) atoms. The van der Waals surface area contributed by atoms with Crippen LogP contribution in [-0.4, -0.2) is 28.5 Å². The molecule has 144 valence electrons. The molecule has 0 N–H and O–H groups in total. The van der Waals surface area contributed by atoms with Gasteiger partial charge in [-0.3, -0.25) is 14.8 Å². The zero-order valence-corrected chi connectivity index (χ0v) is 16.5. The quantitative estimate of drug-likeness (QED) is 0.619. The first-order chi connectivity index (χ1) is 14.2. The Kier molecular flexibility index (Phi) is 4.91. The smallest absolute Gasteiger partial charge is 0.218 e. The van der Waals surface area contributed by atoms with Crippen LogP contribution in [0.1, 0.15) is 29.8 Å². The molecule has 1 aliphatic carbocycles. The van der Waals surface area contributed by atoms with Crippen molar-refractivity contribution in [2.24, 2.45) is 4.99 Å². The van der Waals surface area contributed by atoms with Gasteiger partial charge in [0, 0.05) is 25.0 Å². The Morgan fingerprint density at radius 1 is 0.931 bits per heavy atom. The highest BCUT2D eigenvalue weighted by Gasteiger charge is 2.30. The number of aromatic nitrogens is 2. The third-order valence-corrected chi connectivity index (χ3v) is 4.63. The van der Waals surface area contributed by atoms with Crippen LogP contribution >= 0.6 is 0 Å². The van der Waals surface area contributed by atoms with Crippen LogP contribution in [0, 0.1) is 0 Å². The number of carbonyl (C=O) groups is 1. The van der Waals surface area contributed by atoms with Crippen molar-refractivity contribution in [3.05, 3.63) is 84.1 Å². The van der Waals surface area contributed by atoms with Gasteiger partial charge in [-0.05, 0) is 36.4 Å². The van der Waals surface area contributed by atoms with Gasteiger partial charge in [-0.2, -0.15) is 0 Å². The van der Waals surface area contributed by atoms with Gasteiger partial charge in [-0.15, -0.1) is 0 Å². The molecule has 0 amide bonds. The van der Waals surface area contributed by atoms with E-state index < -0.39 is 0 Å². The van der Waals surface area contributed by atoms with E-state index in [0.29, 0.717) is 34.1 Å². The lowest BCUT2D eigenvalue weighted by atomic mass is 9.90. The average Bonchev–Trinajstić information content (AvgIpc) is 3.11. The van der Waals surface area contributed by atoms with Gasteiger partial charge in [0.1, 0.15) is 11.4 Å². The molecule has 1 aromatic carbocycles. The van der Waals surface area contributed by atoms with Crippen LogP contribution in [0.2, 0.25) is 0 Å². The number of para-hydroxylation sites is 2. The first-order valence-electron chi connectivity index (χ1n) is 9.48. The third kappa shape index (κ3) is 3.08. The number of carbonyl (C=O) groups excluding carboxylic acids is 1. The fourth-order valence-corrected chi connectivity index (χ4v) is 3.29. The number of ketones is 1. The molecule has 0 saturated heterocycles. The lowest BCUT2D eigenvalue weighted by Gasteiger charge is -2.18. The van der Waals surface area contributed by atoms with E-state index in [2.05, 4.69) is 15.0 Å². The number of hydrogen-bond acceptors (Lipinski definition) is 6. The number of aliphatic imine (C=N–C) groups is 1. The lowest BCUT2D eigenvalue weighted by molar-refractivity contribution is 0.106. The van der Waals surface area contributed by atoms with Crippen molar-refractivity contribution in [1.29, 1.82) is 0 Å². The SMILES string of the molecule is CC.CN1/C(=C/N=C2C(=O)c3cccnc3-c3ncccc32)Oc2ccccc21. The lowest BCUT2D eigenvalue weighted by Crippen LogP contribution is -2.23. The van der Waals surface area contributed by atoms with E-state index in [-0.39, 0.29) is 5.78 Å². The number of pyridine rings is 2. The van der Waals surface area contributed by atoms with Gasteiger partial charge in [-0.1, -0.05) is 26.0 Å². The fourth-order valence-electron chi connectivity index (χ4n) is 3.29. The molecule has 2 aliphatic rings. The third-order valence-electron chi connectivity index (χ3n) is 4.63. The monoisotopic (exact) mass is 384 g/mol. The summed E-state index contributed by atoms with van der Waals surface area (Å²) in [6, 6.07) is 14.8. The Morgan fingerprint density at radius 3 is 2.31 bits per heavy atom. The Morgan fingerprint density at radius 2 is 1.59 bits per heavy atom. The topological polar surface area (TPSA) is 67.7 Å². The fraction of sp³-hybridized carbons (Fsp3) is 0.130. The molecule has 5 rings (SSSR count). The predicted octanol–water partition coefficient (Wildman–Crippen LogP) is 4.48. The molecule has 3 heterocycles. The normalized spacial score (nSPS) is 16.5. The molecule has 0 atom stereocenters. The zero-order chi connectivity index (χ0) is 20.4. The minimum Gasteiger partial charge on any atom is -0.437 e. The standard InChI is InChI=1S/C21H14N4O2.C2H6/c1-25-15-8-2-3-9-16(15)27-17(25)12-24-20-13-6-4-10-22-18(13)19-14(21(20)26)7-5-11-23-19;1-2/h2-12H,1H3;1-2H3/b17-12-,24-20?;. The maximum atomic E-state index is 13.0. The van der Waals surface area contributed by atoms with Crippen molar-refractivity contribution < 1.29 is 9.53 Å². The van der Waals surface area contributed by atoms with Crippen LogP contribution in [-0.2, 0) is 0 Å². The summed E-state index contributed by atoms with van der Waals surface area (Å²) in [4.78, 5) is 28.1. The van der Waals surface area contributed by atoms with Crippen molar-refractivity contribution in [3.63, 3.8) is 0 Å². The van der Waals surface area contributed by atoms with Gasteiger partial charge in [0.05, 0.1) is 23.1 Å². The summed E-state index contributed by atoms with van der Waals surface area (Å²) >= 11 is 0. The summed E-state index contributed by atoms with van der Waals surface area (Å²) in [7, 11) is 1.90. The summed E-state index contributed by atoms with van der Waals surface area (Å²) in [6.07, 6.45) is 4.92. The summed E-state index contributed by atoms with van der Waals surface area (Å²) in [5, 5.41) is 0. The van der Waals surface area contributed by atoms with Gasteiger partial charge in [0.25, 0.3) is 0 Å². The van der Waals surface area contributed by atoms with Crippen LogP contribution in [0.5, 0.6) is 5.75 Å². The molecule has 3 aromatic rings. The number of hydrogen-bond donors (Lipinski definition) is 0. The molecule has 0 unspecified atom stereocenters. The second-order valence-corrected chi connectivity index (χ2v) is 6.20. The number of fused-ring (bicyclic) bond motifs is 4. The first kappa shape index (κ1) is 18.6. The van der Waals surface area contributed by atoms with Crippen LogP contribution < -0.4 is 9.64 Å². The van der Waals surface area contributed by atoms with E-state index in [1.165, 1.54) is 0 Å². The van der Waals surface area contributed by atoms with Crippen molar-refractivity contribution in [1.82, 2.24) is 9.97 Å². The number of benzene rings is 1. The minimum absolute atomic E-state index is 0.173. The summed E-state index contributed by atoms with van der Waals surface area (Å²) in [5.74, 6) is 1.14. The van der Waals surface area contributed by atoms with Crippen LogP contribution in [0.15, 0.2) is 78.0 Å².